The molecule has 28 heavy (non-hydrogen) atoms. The Morgan fingerprint density at radius 1 is 0.964 bits per heavy atom. The van der Waals surface area contributed by atoms with E-state index in [2.05, 4.69) is 33.2 Å². The molecule has 0 aliphatic carbocycles. The van der Waals surface area contributed by atoms with Crippen LogP contribution in [0.4, 0.5) is 0 Å². The van der Waals surface area contributed by atoms with Crippen LogP contribution in [0.5, 0.6) is 0 Å². The second-order valence-electron chi connectivity index (χ2n) is 6.49. The maximum atomic E-state index is 12.1. The normalized spacial score (nSPS) is 12.6. The molecule has 0 aromatic heterocycles. The summed E-state index contributed by atoms with van der Waals surface area (Å²) in [5.41, 5.74) is 1.80. The van der Waals surface area contributed by atoms with Crippen LogP contribution in [0.25, 0.3) is 0 Å². The van der Waals surface area contributed by atoms with E-state index in [0.29, 0.717) is 0 Å². The van der Waals surface area contributed by atoms with Crippen LogP contribution in [0.2, 0.25) is 0 Å². The molecule has 3 N–H and O–H groups in total. The van der Waals surface area contributed by atoms with Crippen molar-refractivity contribution in [1.29, 1.82) is 0 Å². The third-order valence-corrected chi connectivity index (χ3v) is 4.89. The SMILES string of the molecule is C[C@@H](NC(=O)CCC(=O)N[C@H](Cc1cccc(I)c1)C(=O)O)c1ccccc1. The lowest BCUT2D eigenvalue weighted by Gasteiger charge is -2.16. The Morgan fingerprint density at radius 3 is 2.21 bits per heavy atom. The summed E-state index contributed by atoms with van der Waals surface area (Å²) in [6, 6.07) is 15.8. The predicted molar refractivity (Wildman–Crippen MR) is 115 cm³/mol. The summed E-state index contributed by atoms with van der Waals surface area (Å²) >= 11 is 2.15. The van der Waals surface area contributed by atoms with E-state index in [0.717, 1.165) is 14.7 Å². The van der Waals surface area contributed by atoms with Crippen molar-refractivity contribution in [3.8, 4) is 0 Å². The Balaban J connectivity index is 1.82. The van der Waals surface area contributed by atoms with E-state index in [1.807, 2.05) is 61.5 Å². The molecule has 7 heteroatoms. The zero-order valence-corrected chi connectivity index (χ0v) is 17.7. The van der Waals surface area contributed by atoms with E-state index >= 15 is 0 Å². The number of carboxylic acid groups (broad SMARTS) is 1. The van der Waals surface area contributed by atoms with Crippen LogP contribution in [-0.4, -0.2) is 28.9 Å². The molecule has 0 aliphatic rings. The second kappa shape index (κ2) is 10.8. The molecule has 2 aromatic rings. The Bertz CT molecular complexity index is 826. The van der Waals surface area contributed by atoms with E-state index in [-0.39, 0.29) is 31.2 Å². The van der Waals surface area contributed by atoms with Gasteiger partial charge in [-0.05, 0) is 52.8 Å². The smallest absolute Gasteiger partial charge is 0.326 e. The number of hydrogen-bond acceptors (Lipinski definition) is 3. The molecule has 148 valence electrons. The van der Waals surface area contributed by atoms with Crippen LogP contribution >= 0.6 is 22.6 Å². The molecule has 0 fully saturated rings. The number of carbonyl (C=O) groups is 3. The highest BCUT2D eigenvalue weighted by Crippen LogP contribution is 2.12. The Kier molecular flexibility index (Phi) is 8.43. The molecular weight excluding hydrogens is 471 g/mol. The van der Waals surface area contributed by atoms with E-state index in [1.54, 1.807) is 0 Å². The molecule has 0 unspecified atom stereocenters. The number of carboxylic acids is 1. The molecule has 0 heterocycles. The Labute approximate surface area is 177 Å². The Hall–Kier alpha value is -2.42. The third-order valence-electron chi connectivity index (χ3n) is 4.22. The largest absolute Gasteiger partial charge is 0.480 e. The van der Waals surface area contributed by atoms with Crippen molar-refractivity contribution in [2.75, 3.05) is 0 Å². The van der Waals surface area contributed by atoms with Crippen LogP contribution in [0.15, 0.2) is 54.6 Å². The van der Waals surface area contributed by atoms with Gasteiger partial charge >= 0.3 is 5.97 Å². The molecular formula is C21H23IN2O4. The fourth-order valence-electron chi connectivity index (χ4n) is 2.73. The summed E-state index contributed by atoms with van der Waals surface area (Å²) in [7, 11) is 0. The van der Waals surface area contributed by atoms with E-state index < -0.39 is 17.9 Å². The number of carbonyl (C=O) groups excluding carboxylic acids is 2. The van der Waals surface area contributed by atoms with Crippen molar-refractivity contribution in [3.05, 3.63) is 69.3 Å². The molecule has 0 spiro atoms. The topological polar surface area (TPSA) is 95.5 Å². The van der Waals surface area contributed by atoms with Crippen molar-refractivity contribution in [2.45, 2.75) is 38.3 Å². The van der Waals surface area contributed by atoms with E-state index in [1.165, 1.54) is 0 Å². The van der Waals surface area contributed by atoms with E-state index in [9.17, 15) is 19.5 Å². The maximum absolute atomic E-state index is 12.1. The molecule has 2 amide bonds. The lowest BCUT2D eigenvalue weighted by atomic mass is 10.1. The van der Waals surface area contributed by atoms with Crippen molar-refractivity contribution in [2.24, 2.45) is 0 Å². The molecule has 0 saturated carbocycles. The number of halogens is 1. The maximum Gasteiger partial charge on any atom is 0.326 e. The fraction of sp³-hybridized carbons (Fsp3) is 0.286. The summed E-state index contributed by atoms with van der Waals surface area (Å²) < 4.78 is 0.995. The average Bonchev–Trinajstić information content (AvgIpc) is 2.66. The van der Waals surface area contributed by atoms with Gasteiger partial charge in [0.15, 0.2) is 0 Å². The minimum Gasteiger partial charge on any atom is -0.480 e. The first kappa shape index (κ1) is 21.9. The van der Waals surface area contributed by atoms with Gasteiger partial charge in [-0.3, -0.25) is 9.59 Å². The highest BCUT2D eigenvalue weighted by atomic mass is 127. The fourth-order valence-corrected chi connectivity index (χ4v) is 3.34. The number of nitrogens with one attached hydrogen (secondary N) is 2. The van der Waals surface area contributed by atoms with Crippen molar-refractivity contribution in [3.63, 3.8) is 0 Å². The first-order valence-corrected chi connectivity index (χ1v) is 10.0. The highest BCUT2D eigenvalue weighted by Gasteiger charge is 2.21. The number of rotatable bonds is 9. The minimum atomic E-state index is -1.10. The summed E-state index contributed by atoms with van der Waals surface area (Å²) in [4.78, 5) is 35.7. The van der Waals surface area contributed by atoms with Crippen LogP contribution < -0.4 is 10.6 Å². The molecule has 0 radical (unpaired) electrons. The summed E-state index contributed by atoms with van der Waals surface area (Å²) in [6.07, 6.45) is 0.122. The molecule has 0 saturated heterocycles. The number of amides is 2. The minimum absolute atomic E-state index is 0.00141. The van der Waals surface area contributed by atoms with Crippen LogP contribution in [0.1, 0.15) is 36.9 Å². The van der Waals surface area contributed by atoms with Gasteiger partial charge in [-0.15, -0.1) is 0 Å². The van der Waals surface area contributed by atoms with Crippen LogP contribution in [0, 0.1) is 3.57 Å². The lowest BCUT2D eigenvalue weighted by molar-refractivity contribution is -0.141. The number of hydrogen-bond donors (Lipinski definition) is 3. The van der Waals surface area contributed by atoms with Crippen molar-refractivity contribution < 1.29 is 19.5 Å². The summed E-state index contributed by atoms with van der Waals surface area (Å²) in [6.45, 7) is 1.87. The second-order valence-corrected chi connectivity index (χ2v) is 7.74. The van der Waals surface area contributed by atoms with Crippen LogP contribution in [-0.2, 0) is 20.8 Å². The zero-order chi connectivity index (χ0) is 20.5. The molecule has 6 nitrogen and oxygen atoms in total. The molecule has 2 aromatic carbocycles. The van der Waals surface area contributed by atoms with Gasteiger partial charge in [0.2, 0.25) is 11.8 Å². The molecule has 0 bridgehead atoms. The van der Waals surface area contributed by atoms with E-state index in [4.69, 9.17) is 0 Å². The number of benzene rings is 2. The van der Waals surface area contributed by atoms with Gasteiger partial charge in [0.05, 0.1) is 6.04 Å². The number of aliphatic carboxylic acids is 1. The van der Waals surface area contributed by atoms with Crippen molar-refractivity contribution in [1.82, 2.24) is 10.6 Å². The standard InChI is InChI=1S/C21H23IN2O4/c1-14(16-7-3-2-4-8-16)23-19(25)10-11-20(26)24-18(21(27)28)13-15-6-5-9-17(22)12-15/h2-9,12,14,18H,10-11,13H2,1H3,(H,23,25)(H,24,26)(H,27,28)/t14-,18-/m1/s1. The average molecular weight is 494 g/mol. The first-order valence-electron chi connectivity index (χ1n) is 8.96. The van der Waals surface area contributed by atoms with Gasteiger partial charge in [-0.2, -0.15) is 0 Å². The van der Waals surface area contributed by atoms with Gasteiger partial charge in [0.1, 0.15) is 6.04 Å². The predicted octanol–water partition coefficient (Wildman–Crippen LogP) is 3.06. The van der Waals surface area contributed by atoms with Gasteiger partial charge in [0, 0.05) is 22.8 Å². The molecule has 2 rings (SSSR count). The van der Waals surface area contributed by atoms with Gasteiger partial charge in [-0.1, -0.05) is 42.5 Å². The quantitative estimate of drug-likeness (QED) is 0.467. The zero-order valence-electron chi connectivity index (χ0n) is 15.5. The molecule has 2 atom stereocenters. The third kappa shape index (κ3) is 7.30. The molecule has 0 aliphatic heterocycles. The lowest BCUT2D eigenvalue weighted by Crippen LogP contribution is -2.42. The Morgan fingerprint density at radius 2 is 1.61 bits per heavy atom. The summed E-state index contributed by atoms with van der Waals surface area (Å²) in [5, 5.41) is 14.7. The highest BCUT2D eigenvalue weighted by molar-refractivity contribution is 14.1. The summed E-state index contributed by atoms with van der Waals surface area (Å²) in [5.74, 6) is -1.81. The first-order chi connectivity index (χ1) is 13.3. The van der Waals surface area contributed by atoms with Crippen molar-refractivity contribution >= 4 is 40.4 Å². The van der Waals surface area contributed by atoms with Gasteiger partial charge < -0.3 is 15.7 Å². The van der Waals surface area contributed by atoms with Crippen LogP contribution in [0.3, 0.4) is 0 Å². The van der Waals surface area contributed by atoms with Gasteiger partial charge in [-0.25, -0.2) is 4.79 Å². The monoisotopic (exact) mass is 494 g/mol. The van der Waals surface area contributed by atoms with Gasteiger partial charge in [0.25, 0.3) is 0 Å².